The molecule has 0 N–H and O–H groups in total. The minimum Gasteiger partial charge on any atom is -0.493 e. The van der Waals surface area contributed by atoms with Gasteiger partial charge in [-0.1, -0.05) is 5.57 Å². The summed E-state index contributed by atoms with van der Waals surface area (Å²) >= 11 is 0. The van der Waals surface area contributed by atoms with Crippen LogP contribution in [0.5, 0.6) is 11.5 Å². The van der Waals surface area contributed by atoms with Crippen molar-refractivity contribution >= 4 is 0 Å². The lowest BCUT2D eigenvalue weighted by atomic mass is 10.2. The minimum atomic E-state index is 0.559. The Kier molecular flexibility index (Phi) is 4.41. The predicted molar refractivity (Wildman–Crippen MR) is 62.6 cm³/mol. The van der Waals surface area contributed by atoms with Crippen LogP contribution >= 0.6 is 0 Å². The third-order valence-electron chi connectivity index (χ3n) is 2.08. The lowest BCUT2D eigenvalue weighted by Gasteiger charge is -2.10. The van der Waals surface area contributed by atoms with Crippen LogP contribution in [0.2, 0.25) is 0 Å². The first-order valence-electron chi connectivity index (χ1n) is 5.02. The van der Waals surface area contributed by atoms with Crippen molar-refractivity contribution < 1.29 is 9.47 Å². The Morgan fingerprint density at radius 2 is 2.19 bits per heavy atom. The molecular formula is C13H15NO2. The molecule has 0 bridgehead atoms. The molecule has 0 saturated heterocycles. The topological polar surface area (TPSA) is 42.2 Å². The Bertz CT molecular complexity index is 418. The van der Waals surface area contributed by atoms with E-state index in [9.17, 15) is 0 Å². The van der Waals surface area contributed by atoms with Crippen molar-refractivity contribution in [1.29, 1.82) is 5.26 Å². The standard InChI is InChI=1S/C13H15NO2/c1-10(2)6-7-16-12-5-4-11(9-14)8-13(12)15-3/h4-5,8H,1,6-7H2,2-3H3. The molecule has 0 unspecified atom stereocenters. The predicted octanol–water partition coefficient (Wildman–Crippen LogP) is 2.91. The normalized spacial score (nSPS) is 9.31. The molecule has 84 valence electrons. The van der Waals surface area contributed by atoms with Gasteiger partial charge in [-0.2, -0.15) is 5.26 Å². The van der Waals surface area contributed by atoms with E-state index in [1.807, 2.05) is 6.92 Å². The zero-order chi connectivity index (χ0) is 12.0. The number of hydrogen-bond donors (Lipinski definition) is 0. The van der Waals surface area contributed by atoms with E-state index in [2.05, 4.69) is 12.6 Å². The van der Waals surface area contributed by atoms with Crippen molar-refractivity contribution in [3.05, 3.63) is 35.9 Å². The van der Waals surface area contributed by atoms with Gasteiger partial charge in [-0.05, 0) is 19.1 Å². The summed E-state index contributed by atoms with van der Waals surface area (Å²) in [6.45, 7) is 6.33. The Labute approximate surface area is 95.9 Å². The van der Waals surface area contributed by atoms with Gasteiger partial charge in [0.2, 0.25) is 0 Å². The number of ether oxygens (including phenoxy) is 2. The summed E-state index contributed by atoms with van der Waals surface area (Å²) in [6, 6.07) is 7.17. The quantitative estimate of drug-likeness (QED) is 0.712. The molecule has 0 aliphatic rings. The first kappa shape index (κ1) is 12.1. The Morgan fingerprint density at radius 3 is 2.75 bits per heavy atom. The fourth-order valence-electron chi connectivity index (χ4n) is 1.19. The first-order valence-corrected chi connectivity index (χ1v) is 5.02. The summed E-state index contributed by atoms with van der Waals surface area (Å²) in [6.07, 6.45) is 0.809. The van der Waals surface area contributed by atoms with Gasteiger partial charge >= 0.3 is 0 Å². The van der Waals surface area contributed by atoms with Crippen LogP contribution < -0.4 is 9.47 Å². The zero-order valence-corrected chi connectivity index (χ0v) is 9.62. The summed E-state index contributed by atoms with van der Waals surface area (Å²) in [4.78, 5) is 0. The van der Waals surface area contributed by atoms with Crippen LogP contribution in [-0.4, -0.2) is 13.7 Å². The highest BCUT2D eigenvalue weighted by Crippen LogP contribution is 2.27. The van der Waals surface area contributed by atoms with Crippen molar-refractivity contribution in [2.24, 2.45) is 0 Å². The van der Waals surface area contributed by atoms with Crippen LogP contribution in [0.4, 0.5) is 0 Å². The third-order valence-corrected chi connectivity index (χ3v) is 2.08. The molecule has 0 aromatic heterocycles. The first-order chi connectivity index (χ1) is 7.67. The van der Waals surface area contributed by atoms with Crippen molar-refractivity contribution in [2.75, 3.05) is 13.7 Å². The number of benzene rings is 1. The molecule has 0 amide bonds. The van der Waals surface area contributed by atoms with Crippen molar-refractivity contribution in [1.82, 2.24) is 0 Å². The largest absolute Gasteiger partial charge is 0.493 e. The highest BCUT2D eigenvalue weighted by Gasteiger charge is 2.05. The maximum Gasteiger partial charge on any atom is 0.162 e. The summed E-state index contributed by atoms with van der Waals surface area (Å²) in [5.74, 6) is 1.24. The number of rotatable bonds is 5. The van der Waals surface area contributed by atoms with Gasteiger partial charge in [-0.15, -0.1) is 6.58 Å². The molecule has 3 heteroatoms. The second-order valence-electron chi connectivity index (χ2n) is 3.53. The molecule has 0 aliphatic heterocycles. The highest BCUT2D eigenvalue weighted by molar-refractivity contribution is 5.46. The van der Waals surface area contributed by atoms with Gasteiger partial charge in [-0.25, -0.2) is 0 Å². The molecule has 0 radical (unpaired) electrons. The molecule has 0 heterocycles. The van der Waals surface area contributed by atoms with Crippen LogP contribution in [0.1, 0.15) is 18.9 Å². The van der Waals surface area contributed by atoms with Crippen molar-refractivity contribution in [3.8, 4) is 17.6 Å². The van der Waals surface area contributed by atoms with Crippen LogP contribution in [-0.2, 0) is 0 Å². The van der Waals surface area contributed by atoms with Gasteiger partial charge in [0.25, 0.3) is 0 Å². The van der Waals surface area contributed by atoms with Crippen molar-refractivity contribution in [2.45, 2.75) is 13.3 Å². The molecule has 1 aromatic carbocycles. The van der Waals surface area contributed by atoms with E-state index in [1.54, 1.807) is 25.3 Å². The monoisotopic (exact) mass is 217 g/mol. The fourth-order valence-corrected chi connectivity index (χ4v) is 1.19. The molecule has 0 fully saturated rings. The second-order valence-corrected chi connectivity index (χ2v) is 3.53. The van der Waals surface area contributed by atoms with Crippen LogP contribution in [0.3, 0.4) is 0 Å². The van der Waals surface area contributed by atoms with E-state index in [0.717, 1.165) is 12.0 Å². The SMILES string of the molecule is C=C(C)CCOc1ccc(C#N)cc1OC. The van der Waals surface area contributed by atoms with Crippen molar-refractivity contribution in [3.63, 3.8) is 0 Å². The van der Waals surface area contributed by atoms with E-state index in [-0.39, 0.29) is 0 Å². The molecule has 0 saturated carbocycles. The Balaban J connectivity index is 2.72. The third kappa shape index (κ3) is 3.32. The van der Waals surface area contributed by atoms with Gasteiger partial charge in [0.05, 0.1) is 25.3 Å². The van der Waals surface area contributed by atoms with E-state index >= 15 is 0 Å². The summed E-state index contributed by atoms with van der Waals surface area (Å²) < 4.78 is 10.7. The summed E-state index contributed by atoms with van der Waals surface area (Å²) in [7, 11) is 1.56. The molecule has 0 aliphatic carbocycles. The molecule has 0 atom stereocenters. The maximum absolute atomic E-state index is 8.74. The number of hydrogen-bond acceptors (Lipinski definition) is 3. The van der Waals surface area contributed by atoms with E-state index in [4.69, 9.17) is 14.7 Å². The zero-order valence-electron chi connectivity index (χ0n) is 9.62. The van der Waals surface area contributed by atoms with Crippen LogP contribution in [0, 0.1) is 11.3 Å². The van der Waals surface area contributed by atoms with E-state index < -0.39 is 0 Å². The highest BCUT2D eigenvalue weighted by atomic mass is 16.5. The fraction of sp³-hybridized carbons (Fsp3) is 0.308. The molecule has 0 spiro atoms. The number of methoxy groups -OCH3 is 1. The van der Waals surface area contributed by atoms with Gasteiger partial charge in [0, 0.05) is 12.5 Å². The van der Waals surface area contributed by atoms with Gasteiger partial charge < -0.3 is 9.47 Å². The molecule has 1 aromatic rings. The van der Waals surface area contributed by atoms with E-state index in [0.29, 0.717) is 23.7 Å². The number of nitrogens with zero attached hydrogens (tertiary/aromatic N) is 1. The van der Waals surface area contributed by atoms with Crippen LogP contribution in [0.25, 0.3) is 0 Å². The van der Waals surface area contributed by atoms with Gasteiger partial charge in [-0.3, -0.25) is 0 Å². The average molecular weight is 217 g/mol. The maximum atomic E-state index is 8.74. The Hall–Kier alpha value is -1.95. The minimum absolute atomic E-state index is 0.559. The Morgan fingerprint density at radius 1 is 1.44 bits per heavy atom. The van der Waals surface area contributed by atoms with E-state index in [1.165, 1.54) is 0 Å². The smallest absolute Gasteiger partial charge is 0.162 e. The van der Waals surface area contributed by atoms with Gasteiger partial charge in [0.15, 0.2) is 11.5 Å². The molecule has 3 nitrogen and oxygen atoms in total. The van der Waals surface area contributed by atoms with Crippen LogP contribution in [0.15, 0.2) is 30.4 Å². The molecule has 1 rings (SSSR count). The summed E-state index contributed by atoms with van der Waals surface area (Å²) in [5, 5.41) is 8.74. The summed E-state index contributed by atoms with van der Waals surface area (Å²) in [5.41, 5.74) is 1.64. The lowest BCUT2D eigenvalue weighted by molar-refractivity contribution is 0.297. The molecular weight excluding hydrogens is 202 g/mol. The van der Waals surface area contributed by atoms with Gasteiger partial charge in [0.1, 0.15) is 0 Å². The number of nitriles is 1. The second kappa shape index (κ2) is 5.82. The lowest BCUT2D eigenvalue weighted by Crippen LogP contribution is -1.99. The molecule has 16 heavy (non-hydrogen) atoms. The average Bonchev–Trinajstić information content (AvgIpc) is 2.29.